The van der Waals surface area contributed by atoms with E-state index in [9.17, 15) is 14.7 Å². The first kappa shape index (κ1) is 19.6. The molecule has 0 saturated carbocycles. The Balaban J connectivity index is 2.41. The fraction of sp³-hybridized carbons (Fsp3) is 0.333. The van der Waals surface area contributed by atoms with Crippen LogP contribution in [0.5, 0.6) is 11.5 Å². The maximum atomic E-state index is 12.0. The van der Waals surface area contributed by atoms with Gasteiger partial charge in [-0.25, -0.2) is 9.59 Å². The van der Waals surface area contributed by atoms with Crippen molar-refractivity contribution in [2.45, 2.75) is 26.4 Å². The van der Waals surface area contributed by atoms with Gasteiger partial charge in [-0.2, -0.15) is 0 Å². The monoisotopic (exact) mass is 379 g/mol. The molecule has 0 unspecified atom stereocenters. The molecule has 0 radical (unpaired) electrons. The van der Waals surface area contributed by atoms with Gasteiger partial charge in [0, 0.05) is 10.9 Å². The van der Waals surface area contributed by atoms with E-state index < -0.39 is 17.7 Å². The molecule has 2 rings (SSSR count). The molecular weight excluding hydrogens is 358 g/mol. The van der Waals surface area contributed by atoms with Crippen molar-refractivity contribution in [1.29, 1.82) is 0 Å². The van der Waals surface area contributed by atoms with E-state index in [2.05, 4.69) is 5.32 Å². The molecule has 2 aromatic rings. The molecule has 2 N–H and O–H groups in total. The summed E-state index contributed by atoms with van der Waals surface area (Å²) in [7, 11) is 3.02. The summed E-state index contributed by atoms with van der Waals surface area (Å²) < 4.78 is 15.6. The Morgan fingerprint density at radius 2 is 1.77 bits per heavy atom. The highest BCUT2D eigenvalue weighted by atomic mass is 32.1. The van der Waals surface area contributed by atoms with Crippen LogP contribution in [0.25, 0.3) is 11.1 Å². The molecule has 1 heterocycles. The zero-order chi connectivity index (χ0) is 19.5. The zero-order valence-electron chi connectivity index (χ0n) is 15.2. The molecule has 0 bridgehead atoms. The minimum Gasteiger partial charge on any atom is -0.493 e. The number of thiophene rings is 1. The molecule has 0 aliphatic heterocycles. The van der Waals surface area contributed by atoms with Crippen LogP contribution in [0.2, 0.25) is 0 Å². The van der Waals surface area contributed by atoms with Crippen LogP contribution in [0.1, 0.15) is 31.1 Å². The van der Waals surface area contributed by atoms with Gasteiger partial charge in [-0.3, -0.25) is 5.32 Å². The van der Waals surface area contributed by atoms with Gasteiger partial charge < -0.3 is 19.3 Å². The fourth-order valence-corrected chi connectivity index (χ4v) is 3.22. The lowest BCUT2D eigenvalue weighted by molar-refractivity contribution is 0.0636. The molecule has 8 heteroatoms. The van der Waals surface area contributed by atoms with Crippen LogP contribution in [0.4, 0.5) is 9.80 Å². The van der Waals surface area contributed by atoms with Gasteiger partial charge >= 0.3 is 12.1 Å². The second-order valence-corrected chi connectivity index (χ2v) is 7.23. The Hall–Kier alpha value is -2.74. The molecule has 140 valence electrons. The molecule has 7 nitrogen and oxygen atoms in total. The first-order valence-corrected chi connectivity index (χ1v) is 8.61. The van der Waals surface area contributed by atoms with Crippen molar-refractivity contribution >= 4 is 28.4 Å². The Morgan fingerprint density at radius 3 is 2.31 bits per heavy atom. The summed E-state index contributed by atoms with van der Waals surface area (Å²) in [5.74, 6) is -0.133. The number of nitrogens with one attached hydrogen (secondary N) is 1. The lowest BCUT2D eigenvalue weighted by atomic mass is 10.0. The summed E-state index contributed by atoms with van der Waals surface area (Å²) >= 11 is 1.11. The minimum atomic E-state index is -1.15. The van der Waals surface area contributed by atoms with Crippen molar-refractivity contribution < 1.29 is 28.9 Å². The number of methoxy groups -OCH3 is 2. The number of anilines is 1. The third-order valence-corrected chi connectivity index (χ3v) is 4.21. The van der Waals surface area contributed by atoms with E-state index in [0.717, 1.165) is 11.3 Å². The third-order valence-electron chi connectivity index (χ3n) is 3.31. The molecule has 26 heavy (non-hydrogen) atoms. The molecule has 0 spiro atoms. The quantitative estimate of drug-likeness (QED) is 0.796. The van der Waals surface area contributed by atoms with E-state index in [-0.39, 0.29) is 10.6 Å². The van der Waals surface area contributed by atoms with Crippen molar-refractivity contribution in [3.63, 3.8) is 0 Å². The van der Waals surface area contributed by atoms with E-state index in [4.69, 9.17) is 14.2 Å². The van der Waals surface area contributed by atoms with Crippen LogP contribution in [-0.2, 0) is 4.74 Å². The van der Waals surface area contributed by atoms with Crippen molar-refractivity contribution in [2.24, 2.45) is 0 Å². The van der Waals surface area contributed by atoms with E-state index in [1.807, 2.05) is 0 Å². The standard InChI is InChI=1S/C18H21NO6S/c1-18(2,3)25-17(22)19-15-14(16(20)21)11(9-26-15)10-6-7-12(23-4)13(8-10)24-5/h6-9H,1-5H3,(H,19,22)(H,20,21). The summed E-state index contributed by atoms with van der Waals surface area (Å²) in [5, 5.41) is 14.0. The molecule has 0 aliphatic carbocycles. The maximum absolute atomic E-state index is 12.0. The summed E-state index contributed by atoms with van der Waals surface area (Å²) in [6.07, 6.45) is -0.708. The number of hydrogen-bond donors (Lipinski definition) is 2. The molecule has 1 amide bonds. The van der Waals surface area contributed by atoms with E-state index in [0.29, 0.717) is 22.6 Å². The molecule has 1 aromatic heterocycles. The minimum absolute atomic E-state index is 0.00641. The summed E-state index contributed by atoms with van der Waals surface area (Å²) in [6.45, 7) is 5.19. The normalized spacial score (nSPS) is 11.0. The molecule has 0 fully saturated rings. The van der Waals surface area contributed by atoms with Gasteiger partial charge in [0.2, 0.25) is 0 Å². The summed E-state index contributed by atoms with van der Waals surface area (Å²) in [5.41, 5.74) is 0.410. The lowest BCUT2D eigenvalue weighted by Gasteiger charge is -2.19. The number of rotatable bonds is 5. The Kier molecular flexibility index (Phi) is 5.76. The Labute approximate surface area is 155 Å². The predicted octanol–water partition coefficient (Wildman–Crippen LogP) is 4.48. The highest BCUT2D eigenvalue weighted by Gasteiger charge is 2.24. The third kappa shape index (κ3) is 4.45. The SMILES string of the molecule is COc1ccc(-c2csc(NC(=O)OC(C)(C)C)c2C(=O)O)cc1OC. The number of ether oxygens (including phenoxy) is 3. The number of carbonyl (C=O) groups excluding carboxylic acids is 1. The van der Waals surface area contributed by atoms with E-state index in [1.165, 1.54) is 14.2 Å². The number of benzene rings is 1. The van der Waals surface area contributed by atoms with Crippen LogP contribution in [0, 0.1) is 0 Å². The van der Waals surface area contributed by atoms with Crippen LogP contribution in [0.15, 0.2) is 23.6 Å². The van der Waals surface area contributed by atoms with E-state index >= 15 is 0 Å². The van der Waals surface area contributed by atoms with Gasteiger partial charge in [-0.05, 0) is 38.5 Å². The number of hydrogen-bond acceptors (Lipinski definition) is 6. The molecule has 0 aliphatic rings. The summed E-state index contributed by atoms with van der Waals surface area (Å²) in [6, 6.07) is 5.11. The fourth-order valence-electron chi connectivity index (χ4n) is 2.27. The van der Waals surface area contributed by atoms with Gasteiger partial charge in [-0.15, -0.1) is 11.3 Å². The van der Waals surface area contributed by atoms with Crippen LogP contribution in [0.3, 0.4) is 0 Å². The van der Waals surface area contributed by atoms with Gasteiger partial charge in [0.1, 0.15) is 16.2 Å². The number of carbonyl (C=O) groups is 2. The maximum Gasteiger partial charge on any atom is 0.412 e. The number of aromatic carboxylic acids is 1. The van der Waals surface area contributed by atoms with Crippen molar-refractivity contribution in [3.8, 4) is 22.6 Å². The van der Waals surface area contributed by atoms with Gasteiger partial charge in [0.15, 0.2) is 11.5 Å². The first-order chi connectivity index (χ1) is 12.2. The second-order valence-electron chi connectivity index (χ2n) is 6.36. The lowest BCUT2D eigenvalue weighted by Crippen LogP contribution is -2.27. The predicted molar refractivity (Wildman–Crippen MR) is 99.7 cm³/mol. The van der Waals surface area contributed by atoms with Gasteiger partial charge in [-0.1, -0.05) is 6.07 Å². The number of amides is 1. The molecular formula is C18H21NO6S. The number of carboxylic acid groups (broad SMARTS) is 1. The van der Waals surface area contributed by atoms with Crippen LogP contribution < -0.4 is 14.8 Å². The Morgan fingerprint density at radius 1 is 1.12 bits per heavy atom. The highest BCUT2D eigenvalue weighted by molar-refractivity contribution is 7.15. The summed E-state index contributed by atoms with van der Waals surface area (Å²) in [4.78, 5) is 23.8. The average molecular weight is 379 g/mol. The molecule has 1 aromatic carbocycles. The largest absolute Gasteiger partial charge is 0.493 e. The van der Waals surface area contributed by atoms with E-state index in [1.54, 1.807) is 44.4 Å². The molecule has 0 atom stereocenters. The first-order valence-electron chi connectivity index (χ1n) is 7.73. The van der Waals surface area contributed by atoms with Crippen molar-refractivity contribution in [1.82, 2.24) is 0 Å². The van der Waals surface area contributed by atoms with Crippen LogP contribution >= 0.6 is 11.3 Å². The highest BCUT2D eigenvalue weighted by Crippen LogP contribution is 2.39. The smallest absolute Gasteiger partial charge is 0.412 e. The number of carboxylic acids is 1. The Bertz CT molecular complexity index is 822. The zero-order valence-corrected chi connectivity index (χ0v) is 16.0. The van der Waals surface area contributed by atoms with Crippen molar-refractivity contribution in [3.05, 3.63) is 29.1 Å². The second kappa shape index (κ2) is 7.65. The molecule has 0 saturated heterocycles. The van der Waals surface area contributed by atoms with Crippen molar-refractivity contribution in [2.75, 3.05) is 19.5 Å². The topological polar surface area (TPSA) is 94.1 Å². The average Bonchev–Trinajstić information content (AvgIpc) is 2.95. The van der Waals surface area contributed by atoms with Gasteiger partial charge in [0.05, 0.1) is 14.2 Å². The van der Waals surface area contributed by atoms with Crippen LogP contribution in [-0.4, -0.2) is 37.0 Å². The van der Waals surface area contributed by atoms with Gasteiger partial charge in [0.25, 0.3) is 0 Å².